The maximum absolute atomic E-state index is 10.6. The molecule has 3 nitrogen and oxygen atoms in total. The molecule has 0 aliphatic carbocycles. The van der Waals surface area contributed by atoms with Gasteiger partial charge in [0.25, 0.3) is 0 Å². The summed E-state index contributed by atoms with van der Waals surface area (Å²) in [6, 6.07) is 8.01. The number of rotatable bonds is 2. The van der Waals surface area contributed by atoms with Crippen LogP contribution in [0, 0.1) is 0 Å². The van der Waals surface area contributed by atoms with E-state index < -0.39 is 5.60 Å². The summed E-state index contributed by atoms with van der Waals surface area (Å²) in [6.45, 7) is 2.34. The number of hydrogen-bond acceptors (Lipinski definition) is 3. The van der Waals surface area contributed by atoms with Gasteiger partial charge in [-0.2, -0.15) is 0 Å². The molecule has 0 amide bonds. The largest absolute Gasteiger partial charge is 0.384 e. The molecular weight excluding hydrogens is 200 g/mol. The zero-order valence-corrected chi connectivity index (χ0v) is 9.82. The molecule has 1 aliphatic rings. The highest BCUT2D eigenvalue weighted by Gasteiger charge is 2.33. The second kappa shape index (κ2) is 4.53. The molecule has 1 aromatic rings. The quantitative estimate of drug-likeness (QED) is 0.783. The number of β-amino-alcohol motifs (C(OH)–C–C–N with tert-alkyl or cyclic N) is 1. The van der Waals surface area contributed by atoms with Gasteiger partial charge < -0.3 is 15.7 Å². The monoisotopic (exact) mass is 220 g/mol. The Labute approximate surface area is 96.9 Å². The number of nitrogens with two attached hydrogens (primary N) is 1. The lowest BCUT2D eigenvalue weighted by Crippen LogP contribution is -2.44. The highest BCUT2D eigenvalue weighted by molar-refractivity contribution is 5.28. The van der Waals surface area contributed by atoms with Gasteiger partial charge in [-0.25, -0.2) is 0 Å². The van der Waals surface area contributed by atoms with Gasteiger partial charge in [0.2, 0.25) is 0 Å². The molecule has 16 heavy (non-hydrogen) atoms. The molecule has 0 radical (unpaired) electrons. The van der Waals surface area contributed by atoms with Crippen molar-refractivity contribution in [3.63, 3.8) is 0 Å². The summed E-state index contributed by atoms with van der Waals surface area (Å²) in [4.78, 5) is 2.18. The van der Waals surface area contributed by atoms with Crippen LogP contribution in [0.1, 0.15) is 24.0 Å². The van der Waals surface area contributed by atoms with E-state index in [1.807, 2.05) is 24.3 Å². The maximum Gasteiger partial charge on any atom is 0.102 e. The first-order valence-corrected chi connectivity index (χ1v) is 5.84. The fourth-order valence-corrected chi connectivity index (χ4v) is 2.43. The first kappa shape index (κ1) is 11.6. The van der Waals surface area contributed by atoms with Crippen LogP contribution in [0.3, 0.4) is 0 Å². The fraction of sp³-hybridized carbons (Fsp3) is 0.538. The SMILES string of the molecule is CN1CCCC(O)(c2ccc(CN)cc2)C1. The topological polar surface area (TPSA) is 49.5 Å². The molecule has 3 heteroatoms. The minimum Gasteiger partial charge on any atom is -0.384 e. The molecule has 1 aliphatic heterocycles. The molecule has 0 aromatic heterocycles. The van der Waals surface area contributed by atoms with Gasteiger partial charge in [-0.05, 0) is 37.6 Å². The van der Waals surface area contributed by atoms with Crippen LogP contribution in [-0.4, -0.2) is 30.1 Å². The predicted molar refractivity (Wildman–Crippen MR) is 65.0 cm³/mol. The lowest BCUT2D eigenvalue weighted by atomic mass is 9.85. The second-order valence-corrected chi connectivity index (χ2v) is 4.77. The Balaban J connectivity index is 2.20. The molecular formula is C13H20N2O. The van der Waals surface area contributed by atoms with Crippen molar-refractivity contribution in [2.24, 2.45) is 5.73 Å². The average Bonchev–Trinajstić information content (AvgIpc) is 2.29. The fourth-order valence-electron chi connectivity index (χ4n) is 2.43. The summed E-state index contributed by atoms with van der Waals surface area (Å²) < 4.78 is 0. The van der Waals surface area contributed by atoms with E-state index in [9.17, 15) is 5.11 Å². The normalized spacial score (nSPS) is 26.9. The molecule has 1 fully saturated rings. The summed E-state index contributed by atoms with van der Waals surface area (Å²) >= 11 is 0. The molecule has 0 bridgehead atoms. The van der Waals surface area contributed by atoms with Crippen molar-refractivity contribution >= 4 is 0 Å². The van der Waals surface area contributed by atoms with Gasteiger partial charge in [-0.15, -0.1) is 0 Å². The standard InChI is InChI=1S/C13H20N2O/c1-15-8-2-7-13(16,10-15)12-5-3-11(9-14)4-6-12/h3-6,16H,2,7-10,14H2,1H3. The van der Waals surface area contributed by atoms with Crippen molar-refractivity contribution in [3.05, 3.63) is 35.4 Å². The molecule has 3 N–H and O–H groups in total. The Bertz CT molecular complexity index is 349. The number of benzene rings is 1. The van der Waals surface area contributed by atoms with E-state index in [1.54, 1.807) is 0 Å². The Morgan fingerprint density at radius 3 is 2.62 bits per heavy atom. The smallest absolute Gasteiger partial charge is 0.102 e. The zero-order chi connectivity index (χ0) is 11.6. The first-order chi connectivity index (χ1) is 7.64. The van der Waals surface area contributed by atoms with Gasteiger partial charge in [0, 0.05) is 13.1 Å². The van der Waals surface area contributed by atoms with Crippen molar-refractivity contribution in [1.29, 1.82) is 0 Å². The molecule has 1 unspecified atom stereocenters. The first-order valence-electron chi connectivity index (χ1n) is 5.84. The van der Waals surface area contributed by atoms with Gasteiger partial charge >= 0.3 is 0 Å². The Morgan fingerprint density at radius 2 is 2.06 bits per heavy atom. The third-order valence-electron chi connectivity index (χ3n) is 3.39. The Hall–Kier alpha value is -0.900. The number of hydrogen-bond donors (Lipinski definition) is 2. The second-order valence-electron chi connectivity index (χ2n) is 4.77. The molecule has 1 atom stereocenters. The van der Waals surface area contributed by atoms with Crippen LogP contribution in [0.25, 0.3) is 0 Å². The molecule has 88 valence electrons. The van der Waals surface area contributed by atoms with Crippen LogP contribution in [0.4, 0.5) is 0 Å². The molecule has 1 aromatic carbocycles. The number of aliphatic hydroxyl groups is 1. The highest BCUT2D eigenvalue weighted by Crippen LogP contribution is 2.30. The van der Waals surface area contributed by atoms with E-state index in [-0.39, 0.29) is 0 Å². The summed E-state index contributed by atoms with van der Waals surface area (Å²) in [6.07, 6.45) is 1.89. The van der Waals surface area contributed by atoms with Crippen molar-refractivity contribution in [3.8, 4) is 0 Å². The van der Waals surface area contributed by atoms with Crippen LogP contribution in [0.5, 0.6) is 0 Å². The van der Waals surface area contributed by atoms with E-state index in [2.05, 4.69) is 11.9 Å². The van der Waals surface area contributed by atoms with Crippen molar-refractivity contribution in [2.75, 3.05) is 20.1 Å². The lowest BCUT2D eigenvalue weighted by Gasteiger charge is -2.37. The van der Waals surface area contributed by atoms with E-state index in [0.717, 1.165) is 37.1 Å². The number of nitrogens with zero attached hydrogens (tertiary/aromatic N) is 1. The summed E-state index contributed by atoms with van der Waals surface area (Å²) in [5, 5.41) is 10.6. The number of piperidine rings is 1. The Kier molecular flexibility index (Phi) is 3.28. The summed E-state index contributed by atoms with van der Waals surface area (Å²) in [5.41, 5.74) is 7.00. The third kappa shape index (κ3) is 2.26. The molecule has 2 rings (SSSR count). The minimum atomic E-state index is -0.680. The van der Waals surface area contributed by atoms with Gasteiger partial charge in [-0.3, -0.25) is 0 Å². The third-order valence-corrected chi connectivity index (χ3v) is 3.39. The van der Waals surface area contributed by atoms with E-state index in [4.69, 9.17) is 5.73 Å². The van der Waals surface area contributed by atoms with Gasteiger partial charge in [0.15, 0.2) is 0 Å². The Morgan fingerprint density at radius 1 is 1.38 bits per heavy atom. The molecule has 0 saturated carbocycles. The summed E-state index contributed by atoms with van der Waals surface area (Å²) in [5.74, 6) is 0. The van der Waals surface area contributed by atoms with Crippen LogP contribution in [0.2, 0.25) is 0 Å². The van der Waals surface area contributed by atoms with Gasteiger partial charge in [-0.1, -0.05) is 24.3 Å². The highest BCUT2D eigenvalue weighted by atomic mass is 16.3. The number of likely N-dealkylation sites (tertiary alicyclic amines) is 1. The minimum absolute atomic E-state index is 0.554. The van der Waals surface area contributed by atoms with Crippen LogP contribution < -0.4 is 5.73 Å². The summed E-state index contributed by atoms with van der Waals surface area (Å²) in [7, 11) is 2.05. The van der Waals surface area contributed by atoms with Crippen LogP contribution >= 0.6 is 0 Å². The zero-order valence-electron chi connectivity index (χ0n) is 9.82. The molecule has 0 spiro atoms. The van der Waals surface area contributed by atoms with E-state index in [1.165, 1.54) is 0 Å². The van der Waals surface area contributed by atoms with E-state index >= 15 is 0 Å². The van der Waals surface area contributed by atoms with Crippen LogP contribution in [-0.2, 0) is 12.1 Å². The molecule has 1 heterocycles. The van der Waals surface area contributed by atoms with Crippen molar-refractivity contribution in [2.45, 2.75) is 25.0 Å². The lowest BCUT2D eigenvalue weighted by molar-refractivity contribution is -0.0277. The molecule has 1 saturated heterocycles. The van der Waals surface area contributed by atoms with Crippen molar-refractivity contribution in [1.82, 2.24) is 4.90 Å². The van der Waals surface area contributed by atoms with Crippen LogP contribution in [0.15, 0.2) is 24.3 Å². The average molecular weight is 220 g/mol. The maximum atomic E-state index is 10.6. The predicted octanol–water partition coefficient (Wildman–Crippen LogP) is 1.06. The van der Waals surface area contributed by atoms with E-state index in [0.29, 0.717) is 6.54 Å². The van der Waals surface area contributed by atoms with Gasteiger partial charge in [0.1, 0.15) is 5.60 Å². The van der Waals surface area contributed by atoms with Gasteiger partial charge in [0.05, 0.1) is 0 Å². The number of likely N-dealkylation sites (N-methyl/N-ethyl adjacent to an activating group) is 1. The van der Waals surface area contributed by atoms with Crippen molar-refractivity contribution < 1.29 is 5.11 Å².